The summed E-state index contributed by atoms with van der Waals surface area (Å²) in [5.41, 5.74) is 1.26. The SMILES string of the molecule is Cl.Cn1ncc(Br)c1CN1CCNCC1. The highest BCUT2D eigenvalue weighted by Gasteiger charge is 2.13. The Morgan fingerprint density at radius 2 is 2.13 bits per heavy atom. The highest BCUT2D eigenvalue weighted by Crippen LogP contribution is 2.16. The Bertz CT molecular complexity index is 290. The van der Waals surface area contributed by atoms with E-state index in [9.17, 15) is 0 Å². The lowest BCUT2D eigenvalue weighted by atomic mass is 10.3. The van der Waals surface area contributed by atoms with Gasteiger partial charge < -0.3 is 5.32 Å². The number of piperazine rings is 1. The fourth-order valence-electron chi connectivity index (χ4n) is 1.69. The zero-order valence-corrected chi connectivity index (χ0v) is 11.1. The first-order valence-electron chi connectivity index (χ1n) is 4.87. The van der Waals surface area contributed by atoms with Crippen LogP contribution in [0.25, 0.3) is 0 Å². The van der Waals surface area contributed by atoms with Crippen molar-refractivity contribution >= 4 is 28.3 Å². The number of hydrogen-bond acceptors (Lipinski definition) is 3. The van der Waals surface area contributed by atoms with Gasteiger partial charge in [-0.1, -0.05) is 0 Å². The standard InChI is InChI=1S/C9H15BrN4.ClH/c1-13-9(8(10)6-12-13)7-14-4-2-11-3-5-14;/h6,11H,2-5,7H2,1H3;1H. The lowest BCUT2D eigenvalue weighted by molar-refractivity contribution is 0.227. The van der Waals surface area contributed by atoms with Gasteiger partial charge in [0.15, 0.2) is 0 Å². The van der Waals surface area contributed by atoms with Crippen LogP contribution in [0.15, 0.2) is 10.7 Å². The van der Waals surface area contributed by atoms with Crippen molar-refractivity contribution in [2.24, 2.45) is 7.05 Å². The third kappa shape index (κ3) is 3.17. The first kappa shape index (κ1) is 13.0. The monoisotopic (exact) mass is 294 g/mol. The topological polar surface area (TPSA) is 33.1 Å². The molecule has 1 aromatic heterocycles. The van der Waals surface area contributed by atoms with Crippen LogP contribution in [0.4, 0.5) is 0 Å². The van der Waals surface area contributed by atoms with Gasteiger partial charge in [-0.2, -0.15) is 5.10 Å². The van der Waals surface area contributed by atoms with Crippen molar-refractivity contribution in [1.82, 2.24) is 20.0 Å². The number of nitrogens with zero attached hydrogens (tertiary/aromatic N) is 3. The molecular weight excluding hydrogens is 279 g/mol. The molecule has 0 radical (unpaired) electrons. The summed E-state index contributed by atoms with van der Waals surface area (Å²) in [5, 5.41) is 7.56. The van der Waals surface area contributed by atoms with Gasteiger partial charge in [0.1, 0.15) is 0 Å². The zero-order chi connectivity index (χ0) is 9.97. The molecule has 1 saturated heterocycles. The average molecular weight is 296 g/mol. The quantitative estimate of drug-likeness (QED) is 0.884. The predicted octanol–water partition coefficient (Wildman–Crippen LogP) is 1.01. The van der Waals surface area contributed by atoms with Crippen LogP contribution in [0.3, 0.4) is 0 Å². The van der Waals surface area contributed by atoms with E-state index in [0.717, 1.165) is 37.2 Å². The van der Waals surface area contributed by atoms with Gasteiger partial charge in [0, 0.05) is 39.8 Å². The molecule has 0 aromatic carbocycles. The Morgan fingerprint density at radius 3 is 2.67 bits per heavy atom. The predicted molar refractivity (Wildman–Crippen MR) is 66.3 cm³/mol. The van der Waals surface area contributed by atoms with E-state index in [1.54, 1.807) is 0 Å². The molecular formula is C9H16BrClN4. The molecule has 4 nitrogen and oxygen atoms in total. The molecule has 0 saturated carbocycles. The van der Waals surface area contributed by atoms with Gasteiger partial charge >= 0.3 is 0 Å². The second-order valence-corrected chi connectivity index (χ2v) is 4.44. The molecule has 0 atom stereocenters. The Hall–Kier alpha value is -0.100. The van der Waals surface area contributed by atoms with Crippen LogP contribution < -0.4 is 5.32 Å². The van der Waals surface area contributed by atoms with E-state index in [2.05, 4.69) is 31.2 Å². The molecule has 1 fully saturated rings. The summed E-state index contributed by atoms with van der Waals surface area (Å²) < 4.78 is 3.05. The van der Waals surface area contributed by atoms with Gasteiger partial charge in [0.05, 0.1) is 16.4 Å². The summed E-state index contributed by atoms with van der Waals surface area (Å²) in [5.74, 6) is 0. The van der Waals surface area contributed by atoms with Crippen molar-refractivity contribution in [3.8, 4) is 0 Å². The fourth-order valence-corrected chi connectivity index (χ4v) is 2.17. The Balaban J connectivity index is 0.00000112. The lowest BCUT2D eigenvalue weighted by Gasteiger charge is -2.27. The maximum Gasteiger partial charge on any atom is 0.0663 e. The van der Waals surface area contributed by atoms with Crippen LogP contribution in [0, 0.1) is 0 Å². The number of halogens is 2. The van der Waals surface area contributed by atoms with Crippen molar-refractivity contribution in [2.75, 3.05) is 26.2 Å². The minimum Gasteiger partial charge on any atom is -0.314 e. The van der Waals surface area contributed by atoms with Gasteiger partial charge in [0.2, 0.25) is 0 Å². The summed E-state index contributed by atoms with van der Waals surface area (Å²) >= 11 is 3.52. The Kier molecular flexibility index (Phi) is 5.05. The molecule has 86 valence electrons. The summed E-state index contributed by atoms with van der Waals surface area (Å²) in [6.07, 6.45) is 1.86. The molecule has 0 aliphatic carbocycles. The number of aryl methyl sites for hydroxylation is 1. The van der Waals surface area contributed by atoms with E-state index >= 15 is 0 Å². The molecule has 0 unspecified atom stereocenters. The molecule has 0 amide bonds. The van der Waals surface area contributed by atoms with Crippen molar-refractivity contribution in [3.05, 3.63) is 16.4 Å². The van der Waals surface area contributed by atoms with E-state index in [4.69, 9.17) is 0 Å². The van der Waals surface area contributed by atoms with Gasteiger partial charge in [-0.15, -0.1) is 12.4 Å². The number of aromatic nitrogens is 2. The first-order chi connectivity index (χ1) is 6.77. The molecule has 1 N–H and O–H groups in total. The highest BCUT2D eigenvalue weighted by molar-refractivity contribution is 9.10. The van der Waals surface area contributed by atoms with E-state index in [0.29, 0.717) is 0 Å². The van der Waals surface area contributed by atoms with Crippen LogP contribution in [0.2, 0.25) is 0 Å². The number of nitrogens with one attached hydrogen (secondary N) is 1. The maximum absolute atomic E-state index is 4.21. The van der Waals surface area contributed by atoms with Crippen molar-refractivity contribution < 1.29 is 0 Å². The van der Waals surface area contributed by atoms with Gasteiger partial charge in [0.25, 0.3) is 0 Å². The minimum absolute atomic E-state index is 0. The van der Waals surface area contributed by atoms with Crippen LogP contribution >= 0.6 is 28.3 Å². The normalized spacial score (nSPS) is 17.5. The Labute approximate surface area is 105 Å². The fraction of sp³-hybridized carbons (Fsp3) is 0.667. The molecule has 1 aromatic rings. The second-order valence-electron chi connectivity index (χ2n) is 3.59. The number of hydrogen-bond donors (Lipinski definition) is 1. The smallest absolute Gasteiger partial charge is 0.0663 e. The van der Waals surface area contributed by atoms with Crippen molar-refractivity contribution in [2.45, 2.75) is 6.54 Å². The summed E-state index contributed by atoms with van der Waals surface area (Å²) in [4.78, 5) is 2.44. The highest BCUT2D eigenvalue weighted by atomic mass is 79.9. The second kappa shape index (κ2) is 5.84. The molecule has 6 heteroatoms. The van der Waals surface area contributed by atoms with Crippen molar-refractivity contribution in [3.63, 3.8) is 0 Å². The molecule has 0 spiro atoms. The largest absolute Gasteiger partial charge is 0.314 e. The van der Waals surface area contributed by atoms with Crippen molar-refractivity contribution in [1.29, 1.82) is 0 Å². The minimum atomic E-state index is 0. The summed E-state index contributed by atoms with van der Waals surface area (Å²) in [6, 6.07) is 0. The van der Waals surface area contributed by atoms with Crippen LogP contribution in [0.1, 0.15) is 5.69 Å². The van der Waals surface area contributed by atoms with Gasteiger partial charge in [-0.25, -0.2) is 0 Å². The first-order valence-corrected chi connectivity index (χ1v) is 5.66. The summed E-state index contributed by atoms with van der Waals surface area (Å²) in [7, 11) is 1.99. The van der Waals surface area contributed by atoms with Crippen LogP contribution in [-0.2, 0) is 13.6 Å². The average Bonchev–Trinajstić information content (AvgIpc) is 2.51. The molecule has 2 rings (SSSR count). The van der Waals surface area contributed by atoms with E-state index in [1.807, 2.05) is 17.9 Å². The lowest BCUT2D eigenvalue weighted by Crippen LogP contribution is -2.43. The van der Waals surface area contributed by atoms with Gasteiger partial charge in [-0.3, -0.25) is 9.58 Å². The maximum atomic E-state index is 4.21. The third-order valence-corrected chi connectivity index (χ3v) is 3.26. The van der Waals surface area contributed by atoms with Gasteiger partial charge in [-0.05, 0) is 15.9 Å². The molecule has 15 heavy (non-hydrogen) atoms. The summed E-state index contributed by atoms with van der Waals surface area (Å²) in [6.45, 7) is 5.42. The molecule has 0 bridgehead atoms. The molecule has 1 aliphatic rings. The van der Waals surface area contributed by atoms with Crippen LogP contribution in [-0.4, -0.2) is 40.9 Å². The van der Waals surface area contributed by atoms with E-state index in [1.165, 1.54) is 5.69 Å². The third-order valence-electron chi connectivity index (χ3n) is 2.59. The Morgan fingerprint density at radius 1 is 1.47 bits per heavy atom. The molecule has 2 heterocycles. The van der Waals surface area contributed by atoms with Crippen LogP contribution in [0.5, 0.6) is 0 Å². The molecule has 1 aliphatic heterocycles. The zero-order valence-electron chi connectivity index (χ0n) is 8.74. The van der Waals surface area contributed by atoms with E-state index < -0.39 is 0 Å². The number of rotatable bonds is 2. The van der Waals surface area contributed by atoms with E-state index in [-0.39, 0.29) is 12.4 Å².